The predicted octanol–water partition coefficient (Wildman–Crippen LogP) is 2.36. The maximum Gasteiger partial charge on any atom is 0.131 e. The van der Waals surface area contributed by atoms with E-state index in [4.69, 9.17) is 4.74 Å². The average molecular weight is 247 g/mol. The van der Waals surface area contributed by atoms with E-state index in [2.05, 4.69) is 11.0 Å². The van der Waals surface area contributed by atoms with Gasteiger partial charge in [0.25, 0.3) is 0 Å². The van der Waals surface area contributed by atoms with Crippen LogP contribution in [0.4, 0.5) is 0 Å². The average Bonchev–Trinajstić information content (AvgIpc) is 2.84. The number of hydrogen-bond donors (Lipinski definition) is 1. The van der Waals surface area contributed by atoms with Crippen LogP contribution in [0.25, 0.3) is 0 Å². The van der Waals surface area contributed by atoms with Gasteiger partial charge in [-0.3, -0.25) is 4.90 Å². The highest BCUT2D eigenvalue weighted by Gasteiger charge is 2.45. The van der Waals surface area contributed by atoms with Crippen LogP contribution >= 0.6 is 0 Å². The fourth-order valence-corrected chi connectivity index (χ4v) is 3.13. The number of para-hydroxylation sites is 1. The van der Waals surface area contributed by atoms with Gasteiger partial charge in [0.15, 0.2) is 0 Å². The first kappa shape index (κ1) is 12.0. The van der Waals surface area contributed by atoms with E-state index in [-0.39, 0.29) is 6.04 Å². The van der Waals surface area contributed by atoms with Crippen molar-refractivity contribution in [1.29, 1.82) is 0 Å². The third-order valence-corrected chi connectivity index (χ3v) is 4.16. The Bertz CT molecular complexity index is 438. The normalized spacial score (nSPS) is 30.8. The second-order valence-electron chi connectivity index (χ2n) is 5.88. The summed E-state index contributed by atoms with van der Waals surface area (Å²) in [6.45, 7) is 6.09. The molecule has 0 spiro atoms. The zero-order valence-electron chi connectivity index (χ0n) is 11.1. The van der Waals surface area contributed by atoms with Gasteiger partial charge >= 0.3 is 0 Å². The lowest BCUT2D eigenvalue weighted by atomic mass is 9.86. The van der Waals surface area contributed by atoms with Gasteiger partial charge < -0.3 is 9.84 Å². The highest BCUT2D eigenvalue weighted by Crippen LogP contribution is 2.43. The predicted molar refractivity (Wildman–Crippen MR) is 70.7 cm³/mol. The Labute approximate surface area is 108 Å². The number of fused-ring (bicyclic) bond motifs is 1. The maximum absolute atomic E-state index is 10.6. The lowest BCUT2D eigenvalue weighted by Crippen LogP contribution is -2.53. The Morgan fingerprint density at radius 3 is 2.61 bits per heavy atom. The largest absolute Gasteiger partial charge is 0.485 e. The van der Waals surface area contributed by atoms with Gasteiger partial charge in [0.1, 0.15) is 17.5 Å². The summed E-state index contributed by atoms with van der Waals surface area (Å²) in [7, 11) is 0. The number of benzene rings is 1. The molecule has 18 heavy (non-hydrogen) atoms. The van der Waals surface area contributed by atoms with Crippen molar-refractivity contribution in [3.8, 4) is 5.75 Å². The van der Waals surface area contributed by atoms with Gasteiger partial charge in [0.05, 0.1) is 6.04 Å². The van der Waals surface area contributed by atoms with E-state index in [0.29, 0.717) is 0 Å². The first-order valence-corrected chi connectivity index (χ1v) is 6.80. The number of ether oxygens (including phenoxy) is 1. The van der Waals surface area contributed by atoms with Crippen LogP contribution in [0.1, 0.15) is 38.3 Å². The molecule has 3 nitrogen and oxygen atoms in total. The van der Waals surface area contributed by atoms with Crippen LogP contribution in [-0.4, -0.2) is 34.8 Å². The number of hydrogen-bond acceptors (Lipinski definition) is 3. The van der Waals surface area contributed by atoms with E-state index >= 15 is 0 Å². The Morgan fingerprint density at radius 2 is 1.89 bits per heavy atom. The summed E-state index contributed by atoms with van der Waals surface area (Å²) < 4.78 is 5.94. The summed E-state index contributed by atoms with van der Waals surface area (Å²) in [5.74, 6) is 0.921. The SMILES string of the molecule is CC1(C)Oc2ccccc2[C@@H](N2CCCC2)[C@@H]1O. The van der Waals surface area contributed by atoms with Crippen LogP contribution in [0, 0.1) is 0 Å². The minimum atomic E-state index is -0.526. The highest BCUT2D eigenvalue weighted by atomic mass is 16.5. The zero-order chi connectivity index (χ0) is 12.8. The van der Waals surface area contributed by atoms with Crippen LogP contribution in [-0.2, 0) is 0 Å². The summed E-state index contributed by atoms with van der Waals surface area (Å²) >= 11 is 0. The van der Waals surface area contributed by atoms with Crippen LogP contribution in [0.2, 0.25) is 0 Å². The topological polar surface area (TPSA) is 32.7 Å². The monoisotopic (exact) mass is 247 g/mol. The molecule has 3 heteroatoms. The fraction of sp³-hybridized carbons (Fsp3) is 0.600. The molecular weight excluding hydrogens is 226 g/mol. The number of aliphatic hydroxyl groups excluding tert-OH is 1. The molecule has 3 rings (SSSR count). The summed E-state index contributed by atoms with van der Waals surface area (Å²) in [4.78, 5) is 2.40. The molecule has 0 bridgehead atoms. The van der Waals surface area contributed by atoms with E-state index in [9.17, 15) is 5.11 Å². The Hall–Kier alpha value is -1.06. The Balaban J connectivity index is 2.04. The minimum Gasteiger partial charge on any atom is -0.485 e. The van der Waals surface area contributed by atoms with Gasteiger partial charge in [0.2, 0.25) is 0 Å². The van der Waals surface area contributed by atoms with Crippen molar-refractivity contribution in [3.63, 3.8) is 0 Å². The number of nitrogens with zero attached hydrogens (tertiary/aromatic N) is 1. The van der Waals surface area contributed by atoms with Crippen molar-refractivity contribution in [1.82, 2.24) is 4.90 Å². The first-order chi connectivity index (χ1) is 8.59. The molecule has 2 aliphatic heterocycles. The smallest absolute Gasteiger partial charge is 0.131 e. The molecule has 1 saturated heterocycles. The molecule has 2 atom stereocenters. The molecule has 98 valence electrons. The van der Waals surface area contributed by atoms with Crippen LogP contribution in [0.15, 0.2) is 24.3 Å². The fourth-order valence-electron chi connectivity index (χ4n) is 3.13. The quantitative estimate of drug-likeness (QED) is 0.827. The van der Waals surface area contributed by atoms with Crippen molar-refractivity contribution in [2.45, 2.75) is 44.4 Å². The molecule has 1 aromatic carbocycles. The molecule has 1 aromatic rings. The van der Waals surface area contributed by atoms with Crippen LogP contribution in [0.5, 0.6) is 5.75 Å². The lowest BCUT2D eigenvalue weighted by molar-refractivity contribution is -0.0895. The Kier molecular flexibility index (Phi) is 2.83. The highest BCUT2D eigenvalue weighted by molar-refractivity contribution is 5.40. The van der Waals surface area contributed by atoms with E-state index in [0.717, 1.165) is 24.4 Å². The van der Waals surface area contributed by atoms with Gasteiger partial charge in [-0.1, -0.05) is 18.2 Å². The second kappa shape index (κ2) is 4.25. The van der Waals surface area contributed by atoms with Crippen molar-refractivity contribution in [2.75, 3.05) is 13.1 Å². The molecule has 0 aliphatic carbocycles. The number of rotatable bonds is 1. The van der Waals surface area contributed by atoms with Crippen molar-refractivity contribution >= 4 is 0 Å². The van der Waals surface area contributed by atoms with Gasteiger partial charge in [-0.05, 0) is 45.8 Å². The van der Waals surface area contributed by atoms with Crippen LogP contribution < -0.4 is 4.74 Å². The molecule has 2 heterocycles. The molecule has 0 radical (unpaired) electrons. The van der Waals surface area contributed by atoms with Gasteiger partial charge in [-0.25, -0.2) is 0 Å². The van der Waals surface area contributed by atoms with Crippen molar-refractivity contribution in [3.05, 3.63) is 29.8 Å². The summed E-state index contributed by atoms with van der Waals surface area (Å²) in [6.07, 6.45) is 1.98. The second-order valence-corrected chi connectivity index (χ2v) is 5.88. The number of aliphatic hydroxyl groups is 1. The number of likely N-dealkylation sites (tertiary alicyclic amines) is 1. The van der Waals surface area contributed by atoms with E-state index in [1.54, 1.807) is 0 Å². The zero-order valence-corrected chi connectivity index (χ0v) is 11.1. The summed E-state index contributed by atoms with van der Waals surface area (Å²) in [5.41, 5.74) is 0.605. The third-order valence-electron chi connectivity index (χ3n) is 4.16. The molecule has 0 saturated carbocycles. The first-order valence-electron chi connectivity index (χ1n) is 6.80. The minimum absolute atomic E-state index is 0.0763. The van der Waals surface area contributed by atoms with E-state index in [1.807, 2.05) is 32.0 Å². The summed E-state index contributed by atoms with van der Waals surface area (Å²) in [6, 6.07) is 8.18. The molecule has 1 fully saturated rings. The lowest BCUT2D eigenvalue weighted by Gasteiger charge is -2.45. The standard InChI is InChI=1S/C15H21NO2/c1-15(2)14(17)13(16-9-5-6-10-16)11-7-3-4-8-12(11)18-15/h3-4,7-8,13-14,17H,5-6,9-10H2,1-2H3/t13-,14+/m1/s1. The molecule has 2 aliphatic rings. The van der Waals surface area contributed by atoms with E-state index < -0.39 is 11.7 Å². The Morgan fingerprint density at radius 1 is 1.22 bits per heavy atom. The third kappa shape index (κ3) is 1.82. The van der Waals surface area contributed by atoms with Crippen molar-refractivity contribution < 1.29 is 9.84 Å². The van der Waals surface area contributed by atoms with Crippen LogP contribution in [0.3, 0.4) is 0 Å². The molecule has 0 unspecified atom stereocenters. The molecule has 0 aromatic heterocycles. The summed E-state index contributed by atoms with van der Waals surface area (Å²) in [5, 5.41) is 10.6. The molecule has 0 amide bonds. The molecular formula is C15H21NO2. The van der Waals surface area contributed by atoms with Gasteiger partial charge in [-0.2, -0.15) is 0 Å². The van der Waals surface area contributed by atoms with Crippen molar-refractivity contribution in [2.24, 2.45) is 0 Å². The van der Waals surface area contributed by atoms with Gasteiger partial charge in [-0.15, -0.1) is 0 Å². The van der Waals surface area contributed by atoms with Gasteiger partial charge in [0, 0.05) is 5.56 Å². The maximum atomic E-state index is 10.6. The molecule has 1 N–H and O–H groups in total. The van der Waals surface area contributed by atoms with E-state index in [1.165, 1.54) is 12.8 Å².